The number of hydrogen-bond acceptors (Lipinski definition) is 1. The molecule has 0 heterocycles. The van der Waals surface area contributed by atoms with Gasteiger partial charge >= 0.3 is 0 Å². The van der Waals surface area contributed by atoms with Crippen LogP contribution < -0.4 is 5.73 Å². The van der Waals surface area contributed by atoms with Crippen LogP contribution in [0.2, 0.25) is 0 Å². The first-order valence-electron chi connectivity index (χ1n) is 5.57. The van der Waals surface area contributed by atoms with Crippen LogP contribution in [0, 0.1) is 11.8 Å². The minimum atomic E-state index is 0.434. The normalized spacial score (nSPS) is 32.0. The summed E-state index contributed by atoms with van der Waals surface area (Å²) in [4.78, 5) is 0. The van der Waals surface area contributed by atoms with Crippen molar-refractivity contribution in [1.82, 2.24) is 0 Å². The van der Waals surface area contributed by atoms with E-state index in [2.05, 4.69) is 37.3 Å². The van der Waals surface area contributed by atoms with Crippen molar-refractivity contribution in [1.29, 1.82) is 0 Å². The Balaban J connectivity index is 1.99. The van der Waals surface area contributed by atoms with Crippen molar-refractivity contribution in [3.8, 4) is 0 Å². The Morgan fingerprint density at radius 3 is 2.50 bits per heavy atom. The van der Waals surface area contributed by atoms with E-state index < -0.39 is 0 Å². The summed E-state index contributed by atoms with van der Waals surface area (Å²) in [7, 11) is 0. The maximum Gasteiger partial charge on any atom is 0.00673 e. The fourth-order valence-corrected chi connectivity index (χ4v) is 2.49. The standard InChI is InChI=1S/C13H19N/c1-10-12(7-8-13(10)14)9-11-5-3-2-4-6-11/h2-6,10,12-13H,7-9,14H2,1H3. The third-order valence-electron chi connectivity index (χ3n) is 3.63. The zero-order valence-corrected chi connectivity index (χ0v) is 8.82. The summed E-state index contributed by atoms with van der Waals surface area (Å²) < 4.78 is 0. The quantitative estimate of drug-likeness (QED) is 0.760. The molecule has 3 atom stereocenters. The van der Waals surface area contributed by atoms with Crippen molar-refractivity contribution in [2.45, 2.75) is 32.2 Å². The van der Waals surface area contributed by atoms with Gasteiger partial charge in [-0.3, -0.25) is 0 Å². The summed E-state index contributed by atoms with van der Waals surface area (Å²) in [5.41, 5.74) is 7.48. The summed E-state index contributed by atoms with van der Waals surface area (Å²) in [6.45, 7) is 2.30. The zero-order valence-electron chi connectivity index (χ0n) is 8.82. The molecule has 2 rings (SSSR count). The molecule has 2 N–H and O–H groups in total. The van der Waals surface area contributed by atoms with Gasteiger partial charge in [-0.25, -0.2) is 0 Å². The van der Waals surface area contributed by atoms with Gasteiger partial charge in [-0.05, 0) is 36.7 Å². The number of hydrogen-bond donors (Lipinski definition) is 1. The molecule has 0 radical (unpaired) electrons. The lowest BCUT2D eigenvalue weighted by molar-refractivity contribution is 0.390. The third kappa shape index (κ3) is 1.98. The minimum Gasteiger partial charge on any atom is -0.327 e. The van der Waals surface area contributed by atoms with E-state index in [1.54, 1.807) is 0 Å². The van der Waals surface area contributed by atoms with Crippen molar-refractivity contribution < 1.29 is 0 Å². The average Bonchev–Trinajstić information content (AvgIpc) is 2.52. The molecule has 1 nitrogen and oxygen atoms in total. The largest absolute Gasteiger partial charge is 0.327 e. The number of benzene rings is 1. The Kier molecular flexibility index (Phi) is 2.87. The molecule has 0 aliphatic heterocycles. The highest BCUT2D eigenvalue weighted by atomic mass is 14.7. The summed E-state index contributed by atoms with van der Waals surface area (Å²) >= 11 is 0. The van der Waals surface area contributed by atoms with E-state index in [0.29, 0.717) is 12.0 Å². The molecule has 1 heteroatoms. The molecular formula is C13H19N. The van der Waals surface area contributed by atoms with E-state index in [0.717, 1.165) is 5.92 Å². The second-order valence-corrected chi connectivity index (χ2v) is 4.55. The molecule has 1 aromatic carbocycles. The van der Waals surface area contributed by atoms with Crippen molar-refractivity contribution >= 4 is 0 Å². The maximum atomic E-state index is 6.02. The number of rotatable bonds is 2. The summed E-state index contributed by atoms with van der Waals surface area (Å²) in [6.07, 6.45) is 3.71. The first kappa shape index (κ1) is 9.72. The molecule has 3 unspecified atom stereocenters. The average molecular weight is 189 g/mol. The predicted octanol–water partition coefficient (Wildman–Crippen LogP) is 2.60. The van der Waals surface area contributed by atoms with E-state index >= 15 is 0 Å². The SMILES string of the molecule is CC1C(N)CCC1Cc1ccccc1. The first-order chi connectivity index (χ1) is 6.77. The molecule has 14 heavy (non-hydrogen) atoms. The van der Waals surface area contributed by atoms with Gasteiger partial charge in [-0.2, -0.15) is 0 Å². The fraction of sp³-hybridized carbons (Fsp3) is 0.538. The predicted molar refractivity (Wildman–Crippen MR) is 60.0 cm³/mol. The van der Waals surface area contributed by atoms with Crippen LogP contribution >= 0.6 is 0 Å². The minimum absolute atomic E-state index is 0.434. The van der Waals surface area contributed by atoms with Gasteiger partial charge in [0.1, 0.15) is 0 Å². The van der Waals surface area contributed by atoms with Crippen molar-refractivity contribution in [3.63, 3.8) is 0 Å². The van der Waals surface area contributed by atoms with Gasteiger partial charge in [0.25, 0.3) is 0 Å². The molecular weight excluding hydrogens is 170 g/mol. The highest BCUT2D eigenvalue weighted by molar-refractivity contribution is 5.15. The van der Waals surface area contributed by atoms with Crippen LogP contribution in [-0.4, -0.2) is 6.04 Å². The smallest absolute Gasteiger partial charge is 0.00673 e. The Hall–Kier alpha value is -0.820. The lowest BCUT2D eigenvalue weighted by Crippen LogP contribution is -2.25. The molecule has 0 aromatic heterocycles. The molecule has 76 valence electrons. The van der Waals surface area contributed by atoms with E-state index in [1.165, 1.54) is 24.8 Å². The lowest BCUT2D eigenvalue weighted by atomic mass is 9.90. The molecule has 1 saturated carbocycles. The highest BCUT2D eigenvalue weighted by Gasteiger charge is 2.29. The maximum absolute atomic E-state index is 6.02. The first-order valence-corrected chi connectivity index (χ1v) is 5.57. The summed E-state index contributed by atoms with van der Waals surface area (Å²) in [5, 5.41) is 0. The Bertz CT molecular complexity index is 281. The van der Waals surface area contributed by atoms with Gasteiger partial charge in [0.15, 0.2) is 0 Å². The second-order valence-electron chi connectivity index (χ2n) is 4.55. The second kappa shape index (κ2) is 4.14. The Morgan fingerprint density at radius 1 is 1.21 bits per heavy atom. The van der Waals surface area contributed by atoms with Crippen molar-refractivity contribution in [2.75, 3.05) is 0 Å². The Morgan fingerprint density at radius 2 is 1.93 bits per heavy atom. The van der Waals surface area contributed by atoms with Gasteiger partial charge in [0.05, 0.1) is 0 Å². The van der Waals surface area contributed by atoms with Gasteiger partial charge in [0.2, 0.25) is 0 Å². The summed E-state index contributed by atoms with van der Waals surface area (Å²) in [5.74, 6) is 1.49. The van der Waals surface area contributed by atoms with E-state index in [4.69, 9.17) is 5.73 Å². The van der Waals surface area contributed by atoms with Crippen LogP contribution in [0.25, 0.3) is 0 Å². The molecule has 1 fully saturated rings. The number of nitrogens with two attached hydrogens (primary N) is 1. The van der Waals surface area contributed by atoms with Crippen molar-refractivity contribution in [2.24, 2.45) is 17.6 Å². The monoisotopic (exact) mass is 189 g/mol. The van der Waals surface area contributed by atoms with Crippen LogP contribution in [0.1, 0.15) is 25.3 Å². The molecule has 1 aliphatic rings. The van der Waals surface area contributed by atoms with Gasteiger partial charge in [-0.1, -0.05) is 37.3 Å². The lowest BCUT2D eigenvalue weighted by Gasteiger charge is -2.17. The molecule has 0 amide bonds. The molecule has 0 saturated heterocycles. The van der Waals surface area contributed by atoms with Crippen LogP contribution in [-0.2, 0) is 6.42 Å². The molecule has 1 aliphatic carbocycles. The van der Waals surface area contributed by atoms with Gasteiger partial charge in [0, 0.05) is 6.04 Å². The van der Waals surface area contributed by atoms with Crippen LogP contribution in [0.5, 0.6) is 0 Å². The summed E-state index contributed by atoms with van der Waals surface area (Å²) in [6, 6.07) is 11.2. The van der Waals surface area contributed by atoms with Crippen LogP contribution in [0.3, 0.4) is 0 Å². The van der Waals surface area contributed by atoms with E-state index in [9.17, 15) is 0 Å². The molecule has 0 spiro atoms. The zero-order chi connectivity index (χ0) is 9.97. The Labute approximate surface area is 86.3 Å². The highest BCUT2D eigenvalue weighted by Crippen LogP contribution is 2.32. The fourth-order valence-electron chi connectivity index (χ4n) is 2.49. The van der Waals surface area contributed by atoms with Crippen LogP contribution in [0.15, 0.2) is 30.3 Å². The van der Waals surface area contributed by atoms with E-state index in [1.807, 2.05) is 0 Å². The topological polar surface area (TPSA) is 26.0 Å². The van der Waals surface area contributed by atoms with E-state index in [-0.39, 0.29) is 0 Å². The van der Waals surface area contributed by atoms with Crippen molar-refractivity contribution in [3.05, 3.63) is 35.9 Å². The van der Waals surface area contributed by atoms with Gasteiger partial charge < -0.3 is 5.73 Å². The molecule has 1 aromatic rings. The van der Waals surface area contributed by atoms with Crippen LogP contribution in [0.4, 0.5) is 0 Å². The van der Waals surface area contributed by atoms with Gasteiger partial charge in [-0.15, -0.1) is 0 Å². The molecule has 0 bridgehead atoms. The third-order valence-corrected chi connectivity index (χ3v) is 3.63.